The number of halogens is 3. The zero-order valence-corrected chi connectivity index (χ0v) is 18.4. The van der Waals surface area contributed by atoms with Crippen molar-refractivity contribution in [3.05, 3.63) is 47.5 Å². The van der Waals surface area contributed by atoms with Gasteiger partial charge in [0.1, 0.15) is 6.33 Å². The lowest BCUT2D eigenvalue weighted by Crippen LogP contribution is -2.44. The van der Waals surface area contributed by atoms with Gasteiger partial charge in [-0.3, -0.25) is 0 Å². The van der Waals surface area contributed by atoms with Gasteiger partial charge in [-0.1, -0.05) is 24.3 Å². The minimum atomic E-state index is -2.89. The third-order valence-electron chi connectivity index (χ3n) is 6.26. The van der Waals surface area contributed by atoms with Crippen LogP contribution in [-0.4, -0.2) is 48.5 Å². The Morgan fingerprint density at radius 1 is 1.19 bits per heavy atom. The number of nitrogens with zero attached hydrogens (tertiary/aromatic N) is 3. The van der Waals surface area contributed by atoms with E-state index in [2.05, 4.69) is 15.3 Å². The molecule has 1 aliphatic heterocycles. The Balaban J connectivity index is 1.51. The molecule has 6 nitrogen and oxygen atoms in total. The Morgan fingerprint density at radius 3 is 2.47 bits per heavy atom. The van der Waals surface area contributed by atoms with Gasteiger partial charge in [0.05, 0.1) is 5.60 Å². The summed E-state index contributed by atoms with van der Waals surface area (Å²) in [7, 11) is 1.66. The number of ether oxygens (including phenoxy) is 2. The molecule has 1 aliphatic carbocycles. The maximum atomic E-state index is 15.4. The van der Waals surface area contributed by atoms with Gasteiger partial charge in [-0.25, -0.2) is 18.7 Å². The number of anilines is 2. The molecule has 1 saturated heterocycles. The van der Waals surface area contributed by atoms with E-state index in [0.29, 0.717) is 26.3 Å². The molecule has 0 atom stereocenters. The van der Waals surface area contributed by atoms with Crippen molar-refractivity contribution in [2.45, 2.75) is 56.7 Å². The number of methoxy groups -OCH3 is 1. The van der Waals surface area contributed by atoms with Crippen LogP contribution in [0.2, 0.25) is 0 Å². The highest BCUT2D eigenvalue weighted by atomic mass is 19.3. The van der Waals surface area contributed by atoms with Crippen LogP contribution in [0.3, 0.4) is 0 Å². The monoisotopic (exact) mass is 450 g/mol. The molecule has 9 heteroatoms. The van der Waals surface area contributed by atoms with Crippen molar-refractivity contribution >= 4 is 11.6 Å². The van der Waals surface area contributed by atoms with E-state index < -0.39 is 17.3 Å². The van der Waals surface area contributed by atoms with Crippen molar-refractivity contribution in [3.8, 4) is 0 Å². The number of alkyl halides is 2. The third-order valence-corrected chi connectivity index (χ3v) is 6.26. The van der Waals surface area contributed by atoms with Gasteiger partial charge < -0.3 is 19.7 Å². The van der Waals surface area contributed by atoms with Crippen LogP contribution in [0.4, 0.5) is 24.8 Å². The molecule has 0 unspecified atom stereocenters. The van der Waals surface area contributed by atoms with Crippen LogP contribution < -0.4 is 10.2 Å². The van der Waals surface area contributed by atoms with E-state index in [0.717, 1.165) is 38.2 Å². The highest BCUT2D eigenvalue weighted by Crippen LogP contribution is 2.35. The highest BCUT2D eigenvalue weighted by Gasteiger charge is 2.35. The molecule has 1 aromatic carbocycles. The van der Waals surface area contributed by atoms with Crippen molar-refractivity contribution in [1.29, 1.82) is 0 Å². The molecule has 2 aromatic rings. The SMILES string of the molecule is COC1(CNc2ncnc(N(Cc3ccc(C(C)(F)F)cc3)C3CC3)c2F)CCOCC1. The predicted octanol–water partition coefficient (Wildman–Crippen LogP) is 4.50. The zero-order chi connectivity index (χ0) is 22.8. The summed E-state index contributed by atoms with van der Waals surface area (Å²) in [5.41, 5.74) is 0.354. The maximum absolute atomic E-state index is 15.4. The second kappa shape index (κ2) is 9.23. The van der Waals surface area contributed by atoms with Gasteiger partial charge in [-0.05, 0) is 18.4 Å². The molecule has 2 heterocycles. The molecule has 2 aliphatic rings. The standard InChI is InChI=1S/C23H29F3N4O2/c1-22(25,26)17-5-3-16(4-6-17)13-30(18-7-8-18)21-19(24)20(28-15-29-21)27-14-23(31-2)9-11-32-12-10-23/h3-6,15,18H,7-14H2,1-2H3,(H,27,28,29). The van der Waals surface area contributed by atoms with E-state index in [9.17, 15) is 8.78 Å². The fourth-order valence-electron chi connectivity index (χ4n) is 3.99. The van der Waals surface area contributed by atoms with Crippen LogP contribution in [0.25, 0.3) is 0 Å². The van der Waals surface area contributed by atoms with Gasteiger partial charge in [-0.15, -0.1) is 0 Å². The van der Waals surface area contributed by atoms with Gasteiger partial charge in [0.2, 0.25) is 5.82 Å². The molecule has 174 valence electrons. The lowest BCUT2D eigenvalue weighted by molar-refractivity contribution is -0.0807. The Hall–Kier alpha value is -2.39. The molecular formula is C23H29F3N4O2. The molecule has 1 N–H and O–H groups in total. The number of benzene rings is 1. The summed E-state index contributed by atoms with van der Waals surface area (Å²) in [4.78, 5) is 10.2. The minimum absolute atomic E-state index is 0.0425. The molecule has 0 spiro atoms. The van der Waals surface area contributed by atoms with Gasteiger partial charge in [-0.2, -0.15) is 4.39 Å². The largest absolute Gasteiger partial charge is 0.381 e. The second-order valence-electron chi connectivity index (χ2n) is 8.66. The van der Waals surface area contributed by atoms with Crippen LogP contribution >= 0.6 is 0 Å². The fourth-order valence-corrected chi connectivity index (χ4v) is 3.99. The van der Waals surface area contributed by atoms with Crippen LogP contribution in [-0.2, 0) is 21.9 Å². The summed E-state index contributed by atoms with van der Waals surface area (Å²) >= 11 is 0. The summed E-state index contributed by atoms with van der Waals surface area (Å²) in [5, 5.41) is 3.10. The average Bonchev–Trinajstić information content (AvgIpc) is 3.63. The number of hydrogen-bond acceptors (Lipinski definition) is 6. The van der Waals surface area contributed by atoms with E-state index >= 15 is 4.39 Å². The Labute approximate surface area is 186 Å². The van der Waals surface area contributed by atoms with Gasteiger partial charge >= 0.3 is 0 Å². The lowest BCUT2D eigenvalue weighted by atomic mass is 9.94. The topological polar surface area (TPSA) is 59.5 Å². The molecule has 32 heavy (non-hydrogen) atoms. The third kappa shape index (κ3) is 5.15. The van der Waals surface area contributed by atoms with Crippen LogP contribution in [0.1, 0.15) is 43.7 Å². The second-order valence-corrected chi connectivity index (χ2v) is 8.66. The van der Waals surface area contributed by atoms with Crippen molar-refractivity contribution in [1.82, 2.24) is 9.97 Å². The van der Waals surface area contributed by atoms with Crippen LogP contribution in [0, 0.1) is 5.82 Å². The first-order valence-corrected chi connectivity index (χ1v) is 10.9. The zero-order valence-electron chi connectivity index (χ0n) is 18.4. The molecule has 0 bridgehead atoms. The number of nitrogens with one attached hydrogen (secondary N) is 1. The Bertz CT molecular complexity index is 910. The molecule has 0 radical (unpaired) electrons. The first-order valence-electron chi connectivity index (χ1n) is 10.9. The van der Waals surface area contributed by atoms with Crippen LogP contribution in [0.5, 0.6) is 0 Å². The van der Waals surface area contributed by atoms with E-state index in [1.807, 2.05) is 4.90 Å². The summed E-state index contributed by atoms with van der Waals surface area (Å²) in [6.45, 7) is 2.87. The molecule has 0 amide bonds. The average molecular weight is 451 g/mol. The van der Waals surface area contributed by atoms with E-state index in [-0.39, 0.29) is 23.2 Å². The fraction of sp³-hybridized carbons (Fsp3) is 0.565. The number of aromatic nitrogens is 2. The smallest absolute Gasteiger partial charge is 0.270 e. The lowest BCUT2D eigenvalue weighted by Gasteiger charge is -2.36. The minimum Gasteiger partial charge on any atom is -0.381 e. The van der Waals surface area contributed by atoms with Gasteiger partial charge in [0.15, 0.2) is 11.6 Å². The molecule has 4 rings (SSSR count). The first-order chi connectivity index (χ1) is 15.3. The predicted molar refractivity (Wildman–Crippen MR) is 115 cm³/mol. The summed E-state index contributed by atoms with van der Waals surface area (Å²) in [6.07, 6.45) is 4.66. The van der Waals surface area contributed by atoms with E-state index in [4.69, 9.17) is 9.47 Å². The Morgan fingerprint density at radius 2 is 1.88 bits per heavy atom. The summed E-state index contributed by atoms with van der Waals surface area (Å²) in [6, 6.07) is 6.33. The molecule has 1 aromatic heterocycles. The van der Waals surface area contributed by atoms with Gasteiger partial charge in [0, 0.05) is 64.8 Å². The Kier molecular flexibility index (Phi) is 6.57. The van der Waals surface area contributed by atoms with Crippen molar-refractivity contribution in [2.24, 2.45) is 0 Å². The summed E-state index contributed by atoms with van der Waals surface area (Å²) < 4.78 is 53.6. The first kappa shape index (κ1) is 22.8. The van der Waals surface area contributed by atoms with E-state index in [1.165, 1.54) is 18.5 Å². The van der Waals surface area contributed by atoms with Crippen molar-refractivity contribution in [2.75, 3.05) is 37.1 Å². The maximum Gasteiger partial charge on any atom is 0.270 e. The summed E-state index contributed by atoms with van der Waals surface area (Å²) in [5.74, 6) is -3.06. The van der Waals surface area contributed by atoms with Crippen LogP contribution in [0.15, 0.2) is 30.6 Å². The quantitative estimate of drug-likeness (QED) is 0.607. The van der Waals surface area contributed by atoms with Gasteiger partial charge in [0.25, 0.3) is 5.92 Å². The molecular weight excluding hydrogens is 421 g/mol. The van der Waals surface area contributed by atoms with E-state index in [1.54, 1.807) is 19.2 Å². The number of hydrogen-bond donors (Lipinski definition) is 1. The molecule has 1 saturated carbocycles. The van der Waals surface area contributed by atoms with Crippen molar-refractivity contribution < 1.29 is 22.6 Å². The number of rotatable bonds is 9. The van der Waals surface area contributed by atoms with Crippen molar-refractivity contribution in [3.63, 3.8) is 0 Å². The highest BCUT2D eigenvalue weighted by molar-refractivity contribution is 5.53. The normalized spacial score (nSPS) is 18.4. The molecule has 2 fully saturated rings.